The molecule has 2 bridgehead atoms. The normalized spacial score (nSPS) is 33.1. The van der Waals surface area contributed by atoms with Gasteiger partial charge in [-0.15, -0.1) is 0 Å². The van der Waals surface area contributed by atoms with Crippen LogP contribution in [0.3, 0.4) is 0 Å². The Kier molecular flexibility index (Phi) is 3.08. The first-order valence-electron chi connectivity index (χ1n) is 9.08. The number of rotatable bonds is 1. The summed E-state index contributed by atoms with van der Waals surface area (Å²) in [7, 11) is 0. The highest BCUT2D eigenvalue weighted by Crippen LogP contribution is 2.64. The maximum absolute atomic E-state index is 13.2. The van der Waals surface area contributed by atoms with Crippen LogP contribution >= 0.6 is 23.1 Å². The number of anilines is 1. The van der Waals surface area contributed by atoms with Crippen LogP contribution in [0.2, 0.25) is 0 Å². The first-order chi connectivity index (χ1) is 13.0. The Balaban J connectivity index is 1.41. The van der Waals surface area contributed by atoms with Gasteiger partial charge in [-0.05, 0) is 43.4 Å². The van der Waals surface area contributed by atoms with Crippen LogP contribution in [0.15, 0.2) is 39.7 Å². The van der Waals surface area contributed by atoms with E-state index in [2.05, 4.69) is 11.1 Å². The van der Waals surface area contributed by atoms with E-state index in [0.29, 0.717) is 5.69 Å². The first kappa shape index (κ1) is 15.9. The minimum Gasteiger partial charge on any atom is -0.307 e. The number of hydrogen-bond acceptors (Lipinski definition) is 5. The summed E-state index contributed by atoms with van der Waals surface area (Å²) in [5.74, 6) is -0.298. The van der Waals surface area contributed by atoms with Crippen molar-refractivity contribution in [3.63, 3.8) is 0 Å². The molecule has 1 aromatic carbocycles. The lowest BCUT2D eigenvalue weighted by Gasteiger charge is -2.32. The van der Waals surface area contributed by atoms with Gasteiger partial charge in [0.15, 0.2) is 0 Å². The van der Waals surface area contributed by atoms with Gasteiger partial charge in [0.1, 0.15) is 0 Å². The molecule has 0 unspecified atom stereocenters. The van der Waals surface area contributed by atoms with Crippen LogP contribution in [-0.4, -0.2) is 22.0 Å². The topological polar surface area (TPSA) is 70.2 Å². The summed E-state index contributed by atoms with van der Waals surface area (Å²) in [4.78, 5) is 43.4. The third kappa shape index (κ3) is 1.99. The molecule has 3 fully saturated rings. The molecule has 27 heavy (non-hydrogen) atoms. The summed E-state index contributed by atoms with van der Waals surface area (Å²) in [6.45, 7) is 1.99. The maximum Gasteiger partial charge on any atom is 0.305 e. The molecule has 136 valence electrons. The molecule has 1 aromatic heterocycles. The largest absolute Gasteiger partial charge is 0.307 e. The zero-order valence-corrected chi connectivity index (χ0v) is 16.1. The van der Waals surface area contributed by atoms with E-state index in [-0.39, 0.29) is 45.6 Å². The Morgan fingerprint density at radius 1 is 1.07 bits per heavy atom. The van der Waals surface area contributed by atoms with Crippen molar-refractivity contribution >= 4 is 46.7 Å². The average Bonchev–Trinajstić information content (AvgIpc) is 3.35. The summed E-state index contributed by atoms with van der Waals surface area (Å²) >= 11 is 2.89. The van der Waals surface area contributed by atoms with E-state index >= 15 is 0 Å². The van der Waals surface area contributed by atoms with Crippen LogP contribution in [0.1, 0.15) is 16.9 Å². The number of thioether (sulfide) groups is 1. The highest BCUT2D eigenvalue weighted by atomic mass is 32.2. The number of benzene rings is 1. The van der Waals surface area contributed by atoms with Crippen molar-refractivity contribution in [3.8, 4) is 0 Å². The van der Waals surface area contributed by atoms with Gasteiger partial charge >= 0.3 is 4.87 Å². The van der Waals surface area contributed by atoms with Crippen LogP contribution < -0.4 is 9.77 Å². The van der Waals surface area contributed by atoms with E-state index in [0.717, 1.165) is 21.9 Å². The first-order valence-corrected chi connectivity index (χ1v) is 10.8. The van der Waals surface area contributed by atoms with Gasteiger partial charge in [-0.25, -0.2) is 0 Å². The van der Waals surface area contributed by atoms with E-state index in [9.17, 15) is 14.4 Å². The molecule has 5 nitrogen and oxygen atoms in total. The Hall–Kier alpha value is -2.12. The number of imide groups is 1. The van der Waals surface area contributed by atoms with Crippen molar-refractivity contribution in [3.05, 3.63) is 49.9 Å². The van der Waals surface area contributed by atoms with Crippen molar-refractivity contribution < 1.29 is 9.59 Å². The van der Waals surface area contributed by atoms with Gasteiger partial charge in [-0.1, -0.05) is 46.4 Å². The number of hydrogen-bond donors (Lipinski definition) is 1. The molecule has 2 aliphatic heterocycles. The fourth-order valence-corrected chi connectivity index (χ4v) is 7.81. The van der Waals surface area contributed by atoms with E-state index in [1.165, 1.54) is 21.8 Å². The third-order valence-electron chi connectivity index (χ3n) is 6.44. The number of carbonyl (C=O) groups excluding carboxylic acids is 2. The number of aryl methyl sites for hydroxylation is 1. The fraction of sp³-hybridized carbons (Fsp3) is 0.350. The molecule has 4 aliphatic rings. The number of aromatic nitrogens is 1. The zero-order chi connectivity index (χ0) is 18.4. The van der Waals surface area contributed by atoms with Gasteiger partial charge in [0.2, 0.25) is 11.8 Å². The van der Waals surface area contributed by atoms with Gasteiger partial charge in [0.25, 0.3) is 0 Å². The van der Waals surface area contributed by atoms with Crippen LogP contribution in [0, 0.1) is 30.6 Å². The molecule has 6 rings (SSSR count). The predicted molar refractivity (Wildman–Crippen MR) is 105 cm³/mol. The van der Waals surface area contributed by atoms with Crippen LogP contribution in [0.25, 0.3) is 6.08 Å². The van der Waals surface area contributed by atoms with Crippen molar-refractivity contribution in [1.29, 1.82) is 0 Å². The lowest BCUT2D eigenvalue weighted by atomic mass is 9.77. The third-order valence-corrected chi connectivity index (χ3v) is 8.83. The molecule has 2 aliphatic carbocycles. The van der Waals surface area contributed by atoms with Gasteiger partial charge in [-0.2, -0.15) is 0 Å². The summed E-state index contributed by atoms with van der Waals surface area (Å²) < 4.78 is 0. The molecule has 2 saturated carbocycles. The number of aromatic amines is 1. The summed E-state index contributed by atoms with van der Waals surface area (Å²) in [6.07, 6.45) is 3.00. The Morgan fingerprint density at radius 3 is 2.59 bits per heavy atom. The second-order valence-electron chi connectivity index (χ2n) is 7.80. The highest BCUT2D eigenvalue weighted by molar-refractivity contribution is 8.00. The molecule has 2 amide bonds. The summed E-state index contributed by atoms with van der Waals surface area (Å²) in [5, 5.41) is 1.11. The Bertz CT molecular complexity index is 1100. The molecule has 2 aromatic rings. The van der Waals surface area contributed by atoms with Gasteiger partial charge in [0, 0.05) is 5.25 Å². The molecule has 1 saturated heterocycles. The van der Waals surface area contributed by atoms with Gasteiger partial charge < -0.3 is 4.98 Å². The molecular formula is C20H16N2O3S2. The maximum atomic E-state index is 13.2. The SMILES string of the molecule is Cc1ccc(N2C(=O)[C@@H]3[C@@H](C2=O)[C@@H]2C[C@@H]3C3=Cc4sc(=O)[nH]c4S[C@H]32)cc1. The van der Waals surface area contributed by atoms with Gasteiger partial charge in [-0.3, -0.25) is 19.3 Å². The fourth-order valence-electron chi connectivity index (χ4n) is 5.37. The van der Waals surface area contributed by atoms with E-state index < -0.39 is 0 Å². The average molecular weight is 396 g/mol. The second-order valence-corrected chi connectivity index (χ2v) is 9.96. The molecule has 7 heteroatoms. The molecule has 3 heterocycles. The van der Waals surface area contributed by atoms with E-state index in [1.54, 1.807) is 11.8 Å². The van der Waals surface area contributed by atoms with Crippen LogP contribution in [-0.2, 0) is 9.59 Å². The van der Waals surface area contributed by atoms with E-state index in [4.69, 9.17) is 0 Å². The minimum absolute atomic E-state index is 0.0467. The number of thiazole rings is 1. The lowest BCUT2D eigenvalue weighted by molar-refractivity contribution is -0.123. The number of nitrogens with zero attached hydrogens (tertiary/aromatic N) is 1. The van der Waals surface area contributed by atoms with E-state index in [1.807, 2.05) is 31.2 Å². The molecule has 5 atom stereocenters. The van der Waals surface area contributed by atoms with Crippen molar-refractivity contribution in [2.75, 3.05) is 4.90 Å². The molecule has 0 radical (unpaired) electrons. The zero-order valence-electron chi connectivity index (χ0n) is 14.5. The Morgan fingerprint density at radius 2 is 1.81 bits per heavy atom. The Labute approximate surface area is 163 Å². The predicted octanol–water partition coefficient (Wildman–Crippen LogP) is 3.06. The summed E-state index contributed by atoms with van der Waals surface area (Å²) in [6, 6.07) is 7.59. The van der Waals surface area contributed by atoms with Crippen molar-refractivity contribution in [1.82, 2.24) is 4.98 Å². The minimum atomic E-state index is -0.246. The number of nitrogens with one attached hydrogen (secondary N) is 1. The number of carbonyl (C=O) groups is 2. The van der Waals surface area contributed by atoms with Crippen molar-refractivity contribution in [2.45, 2.75) is 23.6 Å². The second kappa shape index (κ2) is 5.23. The molecule has 0 spiro atoms. The smallest absolute Gasteiger partial charge is 0.305 e. The highest BCUT2D eigenvalue weighted by Gasteiger charge is 2.66. The molecular weight excluding hydrogens is 380 g/mol. The lowest BCUT2D eigenvalue weighted by Crippen LogP contribution is -2.34. The summed E-state index contributed by atoms with van der Waals surface area (Å²) in [5.41, 5.74) is 3.03. The van der Waals surface area contributed by atoms with Gasteiger partial charge in [0.05, 0.1) is 27.4 Å². The van der Waals surface area contributed by atoms with Crippen LogP contribution in [0.5, 0.6) is 0 Å². The quantitative estimate of drug-likeness (QED) is 0.752. The van der Waals surface area contributed by atoms with Crippen molar-refractivity contribution in [2.24, 2.45) is 23.7 Å². The monoisotopic (exact) mass is 396 g/mol. The number of amides is 2. The number of H-pyrrole nitrogens is 1. The number of fused-ring (bicyclic) bond motifs is 9. The molecule has 1 N–H and O–H groups in total. The standard InChI is InChI=1S/C20H16N2O3S2/c1-8-2-4-9(5-3-8)22-18(23)14-10-6-12(15(14)19(22)24)16-11(10)7-13-17(27-16)21-20(25)26-13/h2-5,7,10,12,14-16H,6H2,1H3,(H,21,25)/t10-,12+,14+,15+,16-/m1/s1. The van der Waals surface area contributed by atoms with Crippen LogP contribution in [0.4, 0.5) is 5.69 Å².